The smallest absolute Gasteiger partial charge is 0.151 e. The van der Waals surface area contributed by atoms with Gasteiger partial charge in [-0.2, -0.15) is 10.4 Å². The summed E-state index contributed by atoms with van der Waals surface area (Å²) >= 11 is 0. The third kappa shape index (κ3) is 2.73. The minimum absolute atomic E-state index is 0.135. The number of nitriles is 1. The lowest BCUT2D eigenvalue weighted by Gasteiger charge is -2.30. The van der Waals surface area contributed by atoms with Crippen LogP contribution in [-0.4, -0.2) is 23.3 Å². The van der Waals surface area contributed by atoms with Crippen molar-refractivity contribution < 1.29 is 0 Å². The van der Waals surface area contributed by atoms with Gasteiger partial charge >= 0.3 is 0 Å². The number of piperidine rings is 1. The van der Waals surface area contributed by atoms with Crippen LogP contribution in [0.2, 0.25) is 0 Å². The molecule has 1 aliphatic rings. The molecule has 2 heterocycles. The highest BCUT2D eigenvalue weighted by atomic mass is 15.3. The van der Waals surface area contributed by atoms with Crippen molar-refractivity contribution in [3.63, 3.8) is 0 Å². The van der Waals surface area contributed by atoms with Gasteiger partial charge in [0.15, 0.2) is 5.82 Å². The van der Waals surface area contributed by atoms with Gasteiger partial charge in [-0.3, -0.25) is 0 Å². The van der Waals surface area contributed by atoms with Gasteiger partial charge in [0.05, 0.1) is 17.7 Å². The Morgan fingerprint density at radius 1 is 1.41 bits per heavy atom. The van der Waals surface area contributed by atoms with Crippen LogP contribution in [0.3, 0.4) is 0 Å². The van der Waals surface area contributed by atoms with E-state index in [1.54, 1.807) is 0 Å². The first-order valence-corrected chi connectivity index (χ1v) is 6.19. The maximum Gasteiger partial charge on any atom is 0.151 e. The fraction of sp³-hybridized carbons (Fsp3) is 0.615. The summed E-state index contributed by atoms with van der Waals surface area (Å²) in [7, 11) is 0. The van der Waals surface area contributed by atoms with E-state index in [2.05, 4.69) is 35.0 Å². The Bertz CT molecular complexity index is 404. The molecule has 90 valence electrons. The normalized spacial score (nSPS) is 20.4. The molecule has 0 aromatic carbocycles. The first-order valence-electron chi connectivity index (χ1n) is 6.19. The van der Waals surface area contributed by atoms with E-state index >= 15 is 0 Å². The summed E-state index contributed by atoms with van der Waals surface area (Å²) in [5.74, 6) is 1.44. The van der Waals surface area contributed by atoms with Crippen LogP contribution in [0, 0.1) is 17.2 Å². The van der Waals surface area contributed by atoms with Crippen molar-refractivity contribution in [2.24, 2.45) is 5.92 Å². The molecular formula is C13H18N4. The lowest BCUT2D eigenvalue weighted by Crippen LogP contribution is -2.35. The predicted molar refractivity (Wildman–Crippen MR) is 66.7 cm³/mol. The molecule has 0 spiro atoms. The first kappa shape index (κ1) is 11.8. The molecule has 0 amide bonds. The van der Waals surface area contributed by atoms with E-state index in [0.717, 1.165) is 37.4 Å². The van der Waals surface area contributed by atoms with Gasteiger partial charge < -0.3 is 4.90 Å². The molecule has 1 aliphatic heterocycles. The van der Waals surface area contributed by atoms with Gasteiger partial charge in [-0.1, -0.05) is 13.8 Å². The number of nitrogens with zero attached hydrogens (tertiary/aromatic N) is 4. The van der Waals surface area contributed by atoms with E-state index in [0.29, 0.717) is 5.92 Å². The summed E-state index contributed by atoms with van der Waals surface area (Å²) in [6.45, 7) is 5.98. The number of hydrogen-bond acceptors (Lipinski definition) is 4. The van der Waals surface area contributed by atoms with Crippen molar-refractivity contribution in [3.05, 3.63) is 17.8 Å². The van der Waals surface area contributed by atoms with Crippen molar-refractivity contribution >= 4 is 5.82 Å². The topological polar surface area (TPSA) is 52.8 Å². The van der Waals surface area contributed by atoms with Crippen LogP contribution in [0.15, 0.2) is 12.1 Å². The maximum absolute atomic E-state index is 8.96. The Labute approximate surface area is 102 Å². The van der Waals surface area contributed by atoms with Crippen LogP contribution in [0.4, 0.5) is 5.82 Å². The van der Waals surface area contributed by atoms with Crippen LogP contribution >= 0.6 is 0 Å². The van der Waals surface area contributed by atoms with E-state index in [9.17, 15) is 0 Å². The van der Waals surface area contributed by atoms with Crippen LogP contribution in [-0.2, 0) is 0 Å². The average molecular weight is 230 g/mol. The second-order valence-electron chi connectivity index (χ2n) is 4.89. The molecule has 0 N–H and O–H groups in total. The molecule has 4 nitrogen and oxygen atoms in total. The van der Waals surface area contributed by atoms with Crippen molar-refractivity contribution in [2.75, 3.05) is 18.0 Å². The van der Waals surface area contributed by atoms with Crippen molar-refractivity contribution in [1.82, 2.24) is 10.2 Å². The van der Waals surface area contributed by atoms with Gasteiger partial charge in [0.25, 0.3) is 0 Å². The Morgan fingerprint density at radius 3 is 2.82 bits per heavy atom. The fourth-order valence-electron chi connectivity index (χ4n) is 2.10. The van der Waals surface area contributed by atoms with Gasteiger partial charge in [0.1, 0.15) is 0 Å². The Balaban J connectivity index is 2.09. The summed E-state index contributed by atoms with van der Waals surface area (Å²) in [4.78, 5) is 2.16. The molecule has 0 bridgehead atoms. The van der Waals surface area contributed by atoms with Crippen LogP contribution in [0.5, 0.6) is 0 Å². The summed E-state index contributed by atoms with van der Waals surface area (Å²) in [6, 6.07) is 6.39. The molecule has 0 saturated carbocycles. The second kappa shape index (κ2) is 5.13. The third-order valence-corrected chi connectivity index (χ3v) is 3.19. The first-order chi connectivity index (χ1) is 8.20. The highest BCUT2D eigenvalue weighted by molar-refractivity contribution is 5.38. The third-order valence-electron chi connectivity index (χ3n) is 3.19. The molecule has 1 aromatic heterocycles. The molecule has 0 radical (unpaired) electrons. The largest absolute Gasteiger partial charge is 0.354 e. The van der Waals surface area contributed by atoms with Gasteiger partial charge in [-0.25, -0.2) is 0 Å². The van der Waals surface area contributed by atoms with Gasteiger partial charge in [-0.05, 0) is 30.9 Å². The molecule has 1 unspecified atom stereocenters. The molecule has 17 heavy (non-hydrogen) atoms. The van der Waals surface area contributed by atoms with Gasteiger partial charge in [0, 0.05) is 13.1 Å². The number of hydrogen-bond donors (Lipinski definition) is 0. The van der Waals surface area contributed by atoms with Crippen molar-refractivity contribution in [3.8, 4) is 6.07 Å². The zero-order chi connectivity index (χ0) is 12.3. The number of aromatic nitrogens is 2. The average Bonchev–Trinajstić information content (AvgIpc) is 2.39. The Hall–Kier alpha value is -1.63. The van der Waals surface area contributed by atoms with Crippen molar-refractivity contribution in [1.29, 1.82) is 5.26 Å². The fourth-order valence-corrected chi connectivity index (χ4v) is 2.10. The number of anilines is 1. The van der Waals surface area contributed by atoms with E-state index < -0.39 is 0 Å². The molecule has 0 aliphatic carbocycles. The summed E-state index contributed by atoms with van der Waals surface area (Å²) in [5, 5.41) is 17.4. The minimum Gasteiger partial charge on any atom is -0.354 e. The molecule has 1 saturated heterocycles. The number of rotatable bonds is 2. The van der Waals surface area contributed by atoms with Gasteiger partial charge in [-0.15, -0.1) is 5.10 Å². The molecular weight excluding hydrogens is 212 g/mol. The molecule has 1 aromatic rings. The molecule has 1 atom stereocenters. The molecule has 4 heteroatoms. The van der Waals surface area contributed by atoms with Gasteiger partial charge in [0.2, 0.25) is 0 Å². The van der Waals surface area contributed by atoms with Crippen LogP contribution in [0.1, 0.15) is 38.3 Å². The lowest BCUT2D eigenvalue weighted by molar-refractivity contribution is 0.489. The van der Waals surface area contributed by atoms with Crippen molar-refractivity contribution in [2.45, 2.75) is 32.6 Å². The van der Waals surface area contributed by atoms with E-state index in [4.69, 9.17) is 5.26 Å². The summed E-state index contributed by atoms with van der Waals surface area (Å²) < 4.78 is 0. The summed E-state index contributed by atoms with van der Waals surface area (Å²) in [6.07, 6.45) is 2.07. The Morgan fingerprint density at radius 2 is 2.24 bits per heavy atom. The SMILES string of the molecule is CC(C)c1ccc(N2CCCC(C#N)C2)nn1. The van der Waals surface area contributed by atoms with Crippen LogP contribution < -0.4 is 4.90 Å². The Kier molecular flexibility index (Phi) is 3.58. The monoisotopic (exact) mass is 230 g/mol. The zero-order valence-corrected chi connectivity index (χ0v) is 10.4. The zero-order valence-electron chi connectivity index (χ0n) is 10.4. The standard InChI is InChI=1S/C13H18N4/c1-10(2)12-5-6-13(16-15-12)17-7-3-4-11(8-14)9-17/h5-6,10-11H,3-4,7,9H2,1-2H3. The lowest BCUT2D eigenvalue weighted by atomic mass is 10.00. The quantitative estimate of drug-likeness (QED) is 0.782. The van der Waals surface area contributed by atoms with E-state index in [-0.39, 0.29) is 5.92 Å². The highest BCUT2D eigenvalue weighted by Gasteiger charge is 2.20. The highest BCUT2D eigenvalue weighted by Crippen LogP contribution is 2.21. The van der Waals surface area contributed by atoms with E-state index in [1.807, 2.05) is 12.1 Å². The predicted octanol–water partition coefficient (Wildman–Crippen LogP) is 2.34. The molecule has 2 rings (SSSR count). The minimum atomic E-state index is 0.135. The molecule has 1 fully saturated rings. The maximum atomic E-state index is 8.96. The van der Waals surface area contributed by atoms with Crippen LogP contribution in [0.25, 0.3) is 0 Å². The second-order valence-corrected chi connectivity index (χ2v) is 4.89. The van der Waals surface area contributed by atoms with E-state index in [1.165, 1.54) is 0 Å². The summed E-state index contributed by atoms with van der Waals surface area (Å²) in [5.41, 5.74) is 1.02.